The van der Waals surface area contributed by atoms with Gasteiger partial charge in [-0.25, -0.2) is 4.39 Å². The molecule has 24 heavy (non-hydrogen) atoms. The molecule has 3 rings (SSSR count). The first-order valence-electron chi connectivity index (χ1n) is 7.70. The molecule has 5 nitrogen and oxygen atoms in total. The summed E-state index contributed by atoms with van der Waals surface area (Å²) in [6.45, 7) is 5.00. The first-order chi connectivity index (χ1) is 11.5. The number of aryl methyl sites for hydroxylation is 1. The molecule has 0 fully saturated rings. The molecule has 3 aromatic rings. The van der Waals surface area contributed by atoms with E-state index in [1.807, 2.05) is 34.7 Å². The number of hydrogen-bond donors (Lipinski definition) is 1. The van der Waals surface area contributed by atoms with Crippen molar-refractivity contribution in [1.82, 2.24) is 19.6 Å². The average Bonchev–Trinajstić information content (AvgIpc) is 3.14. The van der Waals surface area contributed by atoms with Gasteiger partial charge in [0.25, 0.3) is 0 Å². The van der Waals surface area contributed by atoms with Gasteiger partial charge in [0.2, 0.25) is 0 Å². The van der Waals surface area contributed by atoms with Crippen molar-refractivity contribution in [2.24, 2.45) is 0 Å². The molecule has 1 N–H and O–H groups in total. The Hall–Kier alpha value is -1.99. The molecule has 0 unspecified atom stereocenters. The van der Waals surface area contributed by atoms with Gasteiger partial charge >= 0.3 is 0 Å². The summed E-state index contributed by atoms with van der Waals surface area (Å²) in [4.78, 5) is 0. The number of nitrogens with zero attached hydrogens (tertiary/aromatic N) is 4. The van der Waals surface area contributed by atoms with E-state index >= 15 is 0 Å². The normalized spacial score (nSPS) is 12.5. The third-order valence-electron chi connectivity index (χ3n) is 3.83. The Kier molecular flexibility index (Phi) is 4.82. The van der Waals surface area contributed by atoms with Crippen molar-refractivity contribution in [1.29, 1.82) is 0 Å². The van der Waals surface area contributed by atoms with Crippen LogP contribution in [0, 0.1) is 5.82 Å². The lowest BCUT2D eigenvalue weighted by molar-refractivity contribution is 0.199. The second kappa shape index (κ2) is 6.86. The summed E-state index contributed by atoms with van der Waals surface area (Å²) in [5, 5.41) is 18.7. The van der Waals surface area contributed by atoms with Crippen molar-refractivity contribution in [3.05, 3.63) is 58.2 Å². The van der Waals surface area contributed by atoms with Gasteiger partial charge in [0.1, 0.15) is 10.4 Å². The fraction of sp³-hybridized carbons (Fsp3) is 0.294. The van der Waals surface area contributed by atoms with Gasteiger partial charge in [0.05, 0.1) is 24.5 Å². The fourth-order valence-corrected chi connectivity index (χ4v) is 3.08. The second-order valence-corrected chi connectivity index (χ2v) is 6.43. The first kappa shape index (κ1) is 16.9. The maximum Gasteiger partial charge on any atom is 0.128 e. The van der Waals surface area contributed by atoms with Crippen LogP contribution in [0.15, 0.2) is 41.3 Å². The Morgan fingerprint density at radius 2 is 2.12 bits per heavy atom. The van der Waals surface area contributed by atoms with Crippen LogP contribution in [-0.4, -0.2) is 24.7 Å². The van der Waals surface area contributed by atoms with Gasteiger partial charge in [-0.1, -0.05) is 0 Å². The predicted octanol–water partition coefficient (Wildman–Crippen LogP) is 3.77. The summed E-state index contributed by atoms with van der Waals surface area (Å²) in [6, 6.07) is 6.29. The van der Waals surface area contributed by atoms with Crippen molar-refractivity contribution < 1.29 is 9.50 Å². The lowest BCUT2D eigenvalue weighted by Crippen LogP contribution is -2.05. The molecule has 0 aliphatic carbocycles. The number of benzene rings is 1. The third kappa shape index (κ3) is 3.42. The highest BCUT2D eigenvalue weighted by molar-refractivity contribution is 9.10. The van der Waals surface area contributed by atoms with E-state index in [9.17, 15) is 9.50 Å². The molecule has 0 saturated heterocycles. The minimum Gasteiger partial charge on any atom is -0.389 e. The van der Waals surface area contributed by atoms with Crippen molar-refractivity contribution in [2.45, 2.75) is 33.0 Å². The largest absolute Gasteiger partial charge is 0.389 e. The summed E-state index contributed by atoms with van der Waals surface area (Å²) in [5.74, 6) is -0.371. The average molecular weight is 393 g/mol. The molecule has 0 spiro atoms. The Morgan fingerprint density at radius 3 is 2.79 bits per heavy atom. The van der Waals surface area contributed by atoms with Gasteiger partial charge < -0.3 is 5.11 Å². The van der Waals surface area contributed by atoms with Crippen LogP contribution in [0.25, 0.3) is 11.3 Å². The highest BCUT2D eigenvalue weighted by Gasteiger charge is 2.16. The van der Waals surface area contributed by atoms with Crippen LogP contribution < -0.4 is 0 Å². The monoisotopic (exact) mass is 392 g/mol. The van der Waals surface area contributed by atoms with Crippen molar-refractivity contribution in [3.8, 4) is 11.3 Å². The van der Waals surface area contributed by atoms with Crippen LogP contribution in [0.1, 0.15) is 31.1 Å². The molecule has 126 valence electrons. The smallest absolute Gasteiger partial charge is 0.128 e. The van der Waals surface area contributed by atoms with Crippen LogP contribution in [0.3, 0.4) is 0 Å². The second-order valence-electron chi connectivity index (χ2n) is 5.62. The topological polar surface area (TPSA) is 55.9 Å². The molecule has 0 saturated carbocycles. The maximum absolute atomic E-state index is 13.6. The fourth-order valence-electron chi connectivity index (χ4n) is 2.67. The Morgan fingerprint density at radius 1 is 1.33 bits per heavy atom. The summed E-state index contributed by atoms with van der Waals surface area (Å²) >= 11 is 3.40. The number of halogens is 2. The standard InChI is InChI=1S/C17H18BrFN4O/c1-3-22-9-12(8-20-22)10-23-16(7-17(18)21-23)14-5-4-13(19)6-15(14)11(2)24/h4-9,11,24H,3,10H2,1-2H3/t11-/m1/s1. The van der Waals surface area contributed by atoms with Gasteiger partial charge in [-0.15, -0.1) is 0 Å². The summed E-state index contributed by atoms with van der Waals surface area (Å²) in [5.41, 5.74) is 3.12. The molecule has 0 amide bonds. The minimum atomic E-state index is -0.777. The Bertz CT molecular complexity index is 856. The molecule has 0 aliphatic heterocycles. The van der Waals surface area contributed by atoms with E-state index in [-0.39, 0.29) is 5.82 Å². The molecule has 7 heteroatoms. The zero-order valence-corrected chi connectivity index (χ0v) is 15.0. The lowest BCUT2D eigenvalue weighted by Gasteiger charge is -2.13. The van der Waals surface area contributed by atoms with Gasteiger partial charge in [-0.2, -0.15) is 10.2 Å². The van der Waals surface area contributed by atoms with Crippen LogP contribution in [-0.2, 0) is 13.1 Å². The van der Waals surface area contributed by atoms with Gasteiger partial charge in [-0.3, -0.25) is 9.36 Å². The first-order valence-corrected chi connectivity index (χ1v) is 8.49. The van der Waals surface area contributed by atoms with Crippen LogP contribution in [0.2, 0.25) is 0 Å². The van der Waals surface area contributed by atoms with E-state index in [0.717, 1.165) is 23.4 Å². The van der Waals surface area contributed by atoms with E-state index in [2.05, 4.69) is 26.1 Å². The highest BCUT2D eigenvalue weighted by atomic mass is 79.9. The van der Waals surface area contributed by atoms with E-state index in [1.54, 1.807) is 13.0 Å². The molecule has 2 aromatic heterocycles. The van der Waals surface area contributed by atoms with E-state index in [1.165, 1.54) is 12.1 Å². The molecular formula is C17H18BrFN4O. The lowest BCUT2D eigenvalue weighted by atomic mass is 10.0. The summed E-state index contributed by atoms with van der Waals surface area (Å²) < 4.78 is 17.9. The van der Waals surface area contributed by atoms with E-state index in [4.69, 9.17) is 0 Å². The van der Waals surface area contributed by atoms with Crippen molar-refractivity contribution >= 4 is 15.9 Å². The van der Waals surface area contributed by atoms with Crippen molar-refractivity contribution in [3.63, 3.8) is 0 Å². The van der Waals surface area contributed by atoms with E-state index < -0.39 is 6.10 Å². The zero-order chi connectivity index (χ0) is 17.3. The van der Waals surface area contributed by atoms with Gasteiger partial charge in [-0.05, 0) is 59.6 Å². The molecule has 1 aromatic carbocycles. The highest BCUT2D eigenvalue weighted by Crippen LogP contribution is 2.31. The number of hydrogen-bond acceptors (Lipinski definition) is 3. The molecule has 0 aliphatic rings. The maximum atomic E-state index is 13.6. The van der Waals surface area contributed by atoms with Crippen LogP contribution in [0.5, 0.6) is 0 Å². The molecule has 0 radical (unpaired) electrons. The number of aromatic nitrogens is 4. The van der Waals surface area contributed by atoms with Gasteiger partial charge in [0.15, 0.2) is 0 Å². The van der Waals surface area contributed by atoms with Crippen molar-refractivity contribution in [2.75, 3.05) is 0 Å². The number of rotatable bonds is 5. The van der Waals surface area contributed by atoms with Crippen LogP contribution in [0.4, 0.5) is 4.39 Å². The summed E-state index contributed by atoms with van der Waals surface area (Å²) in [7, 11) is 0. The quantitative estimate of drug-likeness (QED) is 0.718. The third-order valence-corrected chi connectivity index (χ3v) is 4.22. The van der Waals surface area contributed by atoms with E-state index in [0.29, 0.717) is 16.7 Å². The number of aliphatic hydroxyl groups excluding tert-OH is 1. The minimum absolute atomic E-state index is 0.371. The molecule has 1 atom stereocenters. The Balaban J connectivity index is 2.03. The predicted molar refractivity (Wildman–Crippen MR) is 93.0 cm³/mol. The number of aliphatic hydroxyl groups is 1. The van der Waals surface area contributed by atoms with Crippen LogP contribution >= 0.6 is 15.9 Å². The zero-order valence-electron chi connectivity index (χ0n) is 13.4. The SMILES string of the molecule is CCn1cc(Cn2nc(Br)cc2-c2ccc(F)cc2[C@@H](C)O)cn1. The molecular weight excluding hydrogens is 375 g/mol. The van der Waals surface area contributed by atoms with Gasteiger partial charge in [0, 0.05) is 23.9 Å². The molecule has 0 bridgehead atoms. The Labute approximate surface area is 147 Å². The summed E-state index contributed by atoms with van der Waals surface area (Å²) in [6.07, 6.45) is 3.00. The molecule has 2 heterocycles.